The number of rotatable bonds is 7. The molecule has 2 N–H and O–H groups in total. The normalized spacial score (nSPS) is 19.2. The van der Waals surface area contributed by atoms with Crippen molar-refractivity contribution in [3.8, 4) is 0 Å². The Kier molecular flexibility index (Phi) is 7.97. The zero-order chi connectivity index (χ0) is 28.8. The van der Waals surface area contributed by atoms with E-state index in [0.29, 0.717) is 13.0 Å². The number of carbonyl (C=O) groups is 2. The Labute approximate surface area is 219 Å². The average Bonchev–Trinajstić information content (AvgIpc) is 3.33. The van der Waals surface area contributed by atoms with Gasteiger partial charge in [0.1, 0.15) is 16.6 Å². The third-order valence-corrected chi connectivity index (χ3v) is 6.58. The van der Waals surface area contributed by atoms with Crippen LogP contribution in [0, 0.1) is 11.7 Å². The fraction of sp³-hybridized carbons (Fsp3) is 0.391. The maximum Gasteiger partial charge on any atom is 0.416 e. The molecule has 2 atom stereocenters. The van der Waals surface area contributed by atoms with Gasteiger partial charge in [0, 0.05) is 36.2 Å². The minimum absolute atomic E-state index is 0.101. The van der Waals surface area contributed by atoms with E-state index in [4.69, 9.17) is 23.2 Å². The van der Waals surface area contributed by atoms with Gasteiger partial charge in [-0.3, -0.25) is 9.59 Å². The lowest BCUT2D eigenvalue weighted by Gasteiger charge is -2.16. The van der Waals surface area contributed by atoms with Crippen LogP contribution in [0.2, 0.25) is 0 Å². The van der Waals surface area contributed by atoms with E-state index >= 15 is 0 Å². The van der Waals surface area contributed by atoms with Crippen molar-refractivity contribution in [3.63, 3.8) is 0 Å². The zero-order valence-corrected chi connectivity index (χ0v) is 20.5. The van der Waals surface area contributed by atoms with Gasteiger partial charge in [0.15, 0.2) is 0 Å². The molecule has 1 aliphatic rings. The van der Waals surface area contributed by atoms with Crippen LogP contribution in [0.25, 0.3) is 0 Å². The molecule has 0 radical (unpaired) electrons. The van der Waals surface area contributed by atoms with Gasteiger partial charge in [-0.25, -0.2) is 13.2 Å². The molecule has 1 fully saturated rings. The highest BCUT2D eigenvalue weighted by Crippen LogP contribution is 2.65. The lowest BCUT2D eigenvalue weighted by molar-refractivity contribution is -0.154. The van der Waals surface area contributed by atoms with E-state index in [1.54, 1.807) is 0 Å². The summed E-state index contributed by atoms with van der Waals surface area (Å²) in [4.78, 5) is 24.2. The van der Waals surface area contributed by atoms with Crippen molar-refractivity contribution in [1.29, 1.82) is 0 Å². The van der Waals surface area contributed by atoms with Crippen molar-refractivity contribution in [2.45, 2.75) is 48.4 Å². The van der Waals surface area contributed by atoms with Gasteiger partial charge >= 0.3 is 12.4 Å². The summed E-state index contributed by atoms with van der Waals surface area (Å²) in [6.07, 6.45) is -11.5. The van der Waals surface area contributed by atoms with E-state index in [-0.39, 0.29) is 22.9 Å². The Morgan fingerprint density at radius 3 is 2.11 bits per heavy atom. The maximum atomic E-state index is 14.1. The molecule has 2 aromatic rings. The summed E-state index contributed by atoms with van der Waals surface area (Å²) >= 11 is 12.3. The van der Waals surface area contributed by atoms with Gasteiger partial charge in [-0.2, -0.15) is 26.3 Å². The Balaban J connectivity index is 1.80. The second-order valence-corrected chi connectivity index (χ2v) is 10.2. The van der Waals surface area contributed by atoms with E-state index in [1.807, 2.05) is 5.32 Å². The molecular weight excluding hydrogens is 578 g/mol. The number of carbonyl (C=O) groups excluding carboxylic acids is 2. The number of hydrogen-bond acceptors (Lipinski definition) is 2. The first-order valence-corrected chi connectivity index (χ1v) is 11.4. The van der Waals surface area contributed by atoms with Crippen molar-refractivity contribution < 1.29 is 49.1 Å². The second-order valence-electron chi connectivity index (χ2n) is 8.72. The van der Waals surface area contributed by atoms with Crippen LogP contribution in [-0.2, 0) is 28.2 Å². The minimum atomic E-state index is -4.98. The molecule has 3 rings (SSSR count). The Hall–Kier alpha value is -2.67. The van der Waals surface area contributed by atoms with E-state index in [9.17, 15) is 49.1 Å². The summed E-state index contributed by atoms with van der Waals surface area (Å²) in [7, 11) is 0. The van der Waals surface area contributed by atoms with Crippen LogP contribution >= 0.6 is 23.2 Å². The number of halogens is 11. The molecule has 1 saturated carbocycles. The number of hydrogen-bond donors (Lipinski definition) is 2. The van der Waals surface area contributed by atoms with Crippen LogP contribution in [0.15, 0.2) is 36.4 Å². The summed E-state index contributed by atoms with van der Waals surface area (Å²) in [5.41, 5.74) is -3.10. The molecule has 2 amide bonds. The highest BCUT2D eigenvalue weighted by molar-refractivity contribution is 6.53. The standard InChI is InChI=1S/C23H17Cl2F9N2O2/c1-20(27,28)12-4-10(5-13(7-12)23(32,33)34)17-18(22(17,24)25)19(38)36-14-2-3-15(26)11(6-14)9-35-16(37)8-21(29,30)31/h2-7,17-18H,8-9H2,1H3,(H,35,37)(H,36,38). The Morgan fingerprint density at radius 2 is 1.55 bits per heavy atom. The third-order valence-electron chi connectivity index (χ3n) is 5.63. The maximum absolute atomic E-state index is 14.1. The molecule has 0 heterocycles. The highest BCUT2D eigenvalue weighted by atomic mass is 35.5. The van der Waals surface area contributed by atoms with Crippen LogP contribution in [-0.4, -0.2) is 22.3 Å². The molecule has 0 saturated heterocycles. The third kappa shape index (κ3) is 7.04. The summed E-state index contributed by atoms with van der Waals surface area (Å²) in [5, 5.41) is 4.19. The van der Waals surface area contributed by atoms with E-state index in [1.165, 1.54) is 0 Å². The largest absolute Gasteiger partial charge is 0.416 e. The zero-order valence-electron chi connectivity index (χ0n) is 19.0. The van der Waals surface area contributed by atoms with Crippen molar-refractivity contribution in [1.82, 2.24) is 5.32 Å². The van der Waals surface area contributed by atoms with Crippen LogP contribution < -0.4 is 10.6 Å². The lowest BCUT2D eigenvalue weighted by atomic mass is 9.98. The van der Waals surface area contributed by atoms with Crippen molar-refractivity contribution in [2.24, 2.45) is 5.92 Å². The number of nitrogens with one attached hydrogen (secondary N) is 2. The molecule has 2 aromatic carbocycles. The predicted octanol–water partition coefficient (Wildman–Crippen LogP) is 7.05. The van der Waals surface area contributed by atoms with Crippen molar-refractivity contribution >= 4 is 40.7 Å². The van der Waals surface area contributed by atoms with E-state index in [0.717, 1.165) is 24.3 Å². The van der Waals surface area contributed by atoms with Gasteiger partial charge < -0.3 is 10.6 Å². The van der Waals surface area contributed by atoms with E-state index < -0.39 is 76.2 Å². The first kappa shape index (κ1) is 29.9. The summed E-state index contributed by atoms with van der Waals surface area (Å²) < 4.78 is 117. The minimum Gasteiger partial charge on any atom is -0.352 e. The van der Waals surface area contributed by atoms with Crippen LogP contribution in [0.4, 0.5) is 45.2 Å². The van der Waals surface area contributed by atoms with Gasteiger partial charge in [-0.15, -0.1) is 23.2 Å². The first-order chi connectivity index (χ1) is 17.2. The summed E-state index contributed by atoms with van der Waals surface area (Å²) in [6, 6.07) is 4.53. The number of benzene rings is 2. The number of amides is 2. The summed E-state index contributed by atoms with van der Waals surface area (Å²) in [5.74, 6) is -9.63. The smallest absolute Gasteiger partial charge is 0.352 e. The molecular formula is C23H17Cl2F9N2O2. The predicted molar refractivity (Wildman–Crippen MR) is 119 cm³/mol. The Morgan fingerprint density at radius 1 is 0.947 bits per heavy atom. The van der Waals surface area contributed by atoms with Gasteiger partial charge in [-0.1, -0.05) is 0 Å². The SMILES string of the molecule is CC(F)(F)c1cc(C2C(C(=O)Nc3ccc(F)c(CNC(=O)CC(F)(F)F)c3)C2(Cl)Cl)cc(C(F)(F)F)c1. The summed E-state index contributed by atoms with van der Waals surface area (Å²) in [6.45, 7) is -0.251. The van der Waals surface area contributed by atoms with Crippen molar-refractivity contribution in [2.75, 3.05) is 5.32 Å². The second kappa shape index (κ2) is 10.1. The van der Waals surface area contributed by atoms with Crippen LogP contribution in [0.5, 0.6) is 0 Å². The molecule has 0 bridgehead atoms. The fourth-order valence-electron chi connectivity index (χ4n) is 3.76. The molecule has 4 nitrogen and oxygen atoms in total. The highest BCUT2D eigenvalue weighted by Gasteiger charge is 2.68. The fourth-order valence-corrected chi connectivity index (χ4v) is 4.59. The molecule has 1 aliphatic carbocycles. The number of alkyl halides is 10. The molecule has 0 aromatic heterocycles. The molecule has 2 unspecified atom stereocenters. The Bertz CT molecular complexity index is 1210. The lowest BCUT2D eigenvalue weighted by Crippen LogP contribution is -2.28. The first-order valence-electron chi connectivity index (χ1n) is 10.6. The number of anilines is 1. The molecule has 0 spiro atoms. The quantitative estimate of drug-likeness (QED) is 0.266. The monoisotopic (exact) mass is 594 g/mol. The van der Waals surface area contributed by atoms with Crippen LogP contribution in [0.1, 0.15) is 41.5 Å². The molecule has 38 heavy (non-hydrogen) atoms. The van der Waals surface area contributed by atoms with Gasteiger partial charge in [-0.05, 0) is 42.0 Å². The molecule has 0 aliphatic heterocycles. The molecule has 15 heteroatoms. The van der Waals surface area contributed by atoms with Crippen LogP contribution in [0.3, 0.4) is 0 Å². The average molecular weight is 595 g/mol. The van der Waals surface area contributed by atoms with Crippen molar-refractivity contribution in [3.05, 3.63) is 64.5 Å². The van der Waals surface area contributed by atoms with Gasteiger partial charge in [0.2, 0.25) is 11.8 Å². The van der Waals surface area contributed by atoms with Gasteiger partial charge in [0.25, 0.3) is 5.92 Å². The topological polar surface area (TPSA) is 58.2 Å². The van der Waals surface area contributed by atoms with Gasteiger partial charge in [0.05, 0.1) is 11.5 Å². The van der Waals surface area contributed by atoms with E-state index in [2.05, 4.69) is 5.32 Å². The molecule has 208 valence electrons.